The Kier molecular flexibility index (Phi) is 4.25. The summed E-state index contributed by atoms with van der Waals surface area (Å²) in [6, 6.07) is 2.13. The molecule has 3 saturated heterocycles. The van der Waals surface area contributed by atoms with Gasteiger partial charge in [-0.1, -0.05) is 0 Å². The lowest BCUT2D eigenvalue weighted by Crippen LogP contribution is -2.57. The molecule has 5 nitrogen and oxygen atoms in total. The van der Waals surface area contributed by atoms with Gasteiger partial charge in [0.15, 0.2) is 0 Å². The number of hydrogen-bond acceptors (Lipinski definition) is 4. The van der Waals surface area contributed by atoms with Crippen LogP contribution in [0.2, 0.25) is 0 Å². The minimum Gasteiger partial charge on any atom is -0.302 e. The minimum absolute atomic E-state index is 0.0975. The van der Waals surface area contributed by atoms with Crippen molar-refractivity contribution in [3.8, 4) is 6.07 Å². The highest BCUT2D eigenvalue weighted by molar-refractivity contribution is 7.89. The lowest BCUT2D eigenvalue weighted by atomic mass is 9.84. The molecular weight excluding hydrogens is 250 g/mol. The number of hydrogen-bond donors (Lipinski definition) is 0. The number of nitriles is 1. The zero-order valence-corrected chi connectivity index (χ0v) is 11.7. The maximum absolute atomic E-state index is 12.2. The summed E-state index contributed by atoms with van der Waals surface area (Å²) in [6.45, 7) is 3.10. The fourth-order valence-corrected chi connectivity index (χ4v) is 4.48. The van der Waals surface area contributed by atoms with Crippen LogP contribution in [0.1, 0.15) is 25.7 Å². The van der Waals surface area contributed by atoms with Gasteiger partial charge in [-0.15, -0.1) is 0 Å². The highest BCUT2D eigenvalue weighted by atomic mass is 32.2. The van der Waals surface area contributed by atoms with Crippen LogP contribution in [0.5, 0.6) is 0 Å². The van der Waals surface area contributed by atoms with Crippen LogP contribution in [0.4, 0.5) is 0 Å². The molecule has 0 amide bonds. The summed E-state index contributed by atoms with van der Waals surface area (Å²) in [5, 5.41) is 8.47. The Morgan fingerprint density at radius 1 is 1.39 bits per heavy atom. The Balaban J connectivity index is 1.98. The van der Waals surface area contributed by atoms with E-state index in [1.165, 1.54) is 0 Å². The smallest absolute Gasteiger partial charge is 0.214 e. The second-order valence-electron chi connectivity index (χ2n) is 5.30. The maximum atomic E-state index is 12.2. The Bertz CT molecular complexity index is 421. The summed E-state index contributed by atoms with van der Waals surface area (Å²) in [7, 11) is -1.50. The van der Waals surface area contributed by atoms with E-state index in [0.29, 0.717) is 18.8 Å². The van der Waals surface area contributed by atoms with Gasteiger partial charge in [0.05, 0.1) is 11.8 Å². The summed E-state index contributed by atoms with van der Waals surface area (Å²) in [5.74, 6) is 0.617. The third-order valence-electron chi connectivity index (χ3n) is 4.22. The second kappa shape index (κ2) is 5.55. The zero-order valence-electron chi connectivity index (χ0n) is 10.9. The molecule has 18 heavy (non-hydrogen) atoms. The Morgan fingerprint density at radius 3 is 2.56 bits per heavy atom. The third-order valence-corrected chi connectivity index (χ3v) is 6.17. The van der Waals surface area contributed by atoms with E-state index in [-0.39, 0.29) is 11.8 Å². The molecule has 6 heteroatoms. The fourth-order valence-electron chi connectivity index (χ4n) is 3.03. The summed E-state index contributed by atoms with van der Waals surface area (Å²) >= 11 is 0. The Morgan fingerprint density at radius 2 is 2.06 bits per heavy atom. The van der Waals surface area contributed by atoms with Crippen molar-refractivity contribution in [1.82, 2.24) is 9.21 Å². The first kappa shape index (κ1) is 13.8. The van der Waals surface area contributed by atoms with Crippen molar-refractivity contribution in [3.63, 3.8) is 0 Å². The number of likely N-dealkylation sites (N-methyl/N-ethyl adjacent to an activating group) is 1. The molecule has 0 aromatic rings. The molecule has 0 radical (unpaired) electrons. The molecule has 0 aromatic carbocycles. The van der Waals surface area contributed by atoms with Gasteiger partial charge >= 0.3 is 0 Å². The molecule has 1 atom stereocenters. The van der Waals surface area contributed by atoms with Gasteiger partial charge in [0.2, 0.25) is 10.0 Å². The van der Waals surface area contributed by atoms with E-state index in [1.54, 1.807) is 11.4 Å². The van der Waals surface area contributed by atoms with Crippen LogP contribution in [-0.2, 0) is 10.0 Å². The van der Waals surface area contributed by atoms with E-state index in [0.717, 1.165) is 32.5 Å². The van der Waals surface area contributed by atoms with E-state index >= 15 is 0 Å². The van der Waals surface area contributed by atoms with Crippen LogP contribution < -0.4 is 0 Å². The van der Waals surface area contributed by atoms with Gasteiger partial charge in [0, 0.05) is 26.1 Å². The van der Waals surface area contributed by atoms with Crippen LogP contribution >= 0.6 is 0 Å². The molecule has 0 aliphatic carbocycles. The summed E-state index contributed by atoms with van der Waals surface area (Å²) < 4.78 is 25.9. The number of unbranched alkanes of at least 4 members (excludes halogenated alkanes) is 1. The van der Waals surface area contributed by atoms with Crippen LogP contribution in [0.15, 0.2) is 0 Å². The first-order valence-corrected chi connectivity index (χ1v) is 8.20. The van der Waals surface area contributed by atoms with Crippen molar-refractivity contribution in [2.24, 2.45) is 5.92 Å². The fraction of sp³-hybridized carbons (Fsp3) is 0.917. The molecular formula is C12H21N3O2S. The standard InChI is InChI=1S/C12H21N3O2S/c1-14(18(16,17)9-3-2-6-13)12-10-15-7-4-11(12)5-8-15/h11-12H,2-5,7-10H2,1H3. The molecule has 1 unspecified atom stereocenters. The quantitative estimate of drug-likeness (QED) is 0.689. The average molecular weight is 271 g/mol. The zero-order chi connectivity index (χ0) is 13.2. The summed E-state index contributed by atoms with van der Waals surface area (Å²) in [6.07, 6.45) is 2.98. The first-order valence-electron chi connectivity index (χ1n) is 6.59. The molecule has 3 fully saturated rings. The van der Waals surface area contributed by atoms with E-state index in [2.05, 4.69) is 4.90 Å². The normalized spacial score (nSPS) is 31.5. The first-order chi connectivity index (χ1) is 8.54. The van der Waals surface area contributed by atoms with Gasteiger partial charge < -0.3 is 4.90 Å². The number of sulfonamides is 1. The maximum Gasteiger partial charge on any atom is 0.214 e. The molecule has 0 N–H and O–H groups in total. The van der Waals surface area contributed by atoms with Crippen LogP contribution in [0.25, 0.3) is 0 Å². The van der Waals surface area contributed by atoms with Gasteiger partial charge in [-0.05, 0) is 38.3 Å². The van der Waals surface area contributed by atoms with Crippen molar-refractivity contribution in [3.05, 3.63) is 0 Å². The molecule has 3 rings (SSSR count). The van der Waals surface area contributed by atoms with Crippen LogP contribution in [0.3, 0.4) is 0 Å². The van der Waals surface area contributed by atoms with Crippen molar-refractivity contribution in [2.45, 2.75) is 31.7 Å². The highest BCUT2D eigenvalue weighted by Crippen LogP contribution is 2.31. The van der Waals surface area contributed by atoms with Gasteiger partial charge in [0.25, 0.3) is 0 Å². The van der Waals surface area contributed by atoms with Gasteiger partial charge in [-0.2, -0.15) is 5.26 Å². The van der Waals surface area contributed by atoms with Gasteiger partial charge in [-0.3, -0.25) is 0 Å². The lowest BCUT2D eigenvalue weighted by molar-refractivity contribution is 0.0465. The monoisotopic (exact) mass is 271 g/mol. The topological polar surface area (TPSA) is 64.4 Å². The molecule has 3 aliphatic rings. The number of nitrogens with zero attached hydrogens (tertiary/aromatic N) is 3. The van der Waals surface area contributed by atoms with Crippen LogP contribution in [0, 0.1) is 17.2 Å². The van der Waals surface area contributed by atoms with Crippen molar-refractivity contribution in [1.29, 1.82) is 5.26 Å². The average Bonchev–Trinajstić information content (AvgIpc) is 2.39. The number of piperidine rings is 3. The molecule has 0 aromatic heterocycles. The largest absolute Gasteiger partial charge is 0.302 e. The summed E-state index contributed by atoms with van der Waals surface area (Å²) in [4.78, 5) is 2.35. The SMILES string of the molecule is CN(C1CN2CCC1CC2)S(=O)(=O)CCCC#N. The predicted molar refractivity (Wildman–Crippen MR) is 69.3 cm³/mol. The minimum atomic E-state index is -3.20. The van der Waals surface area contributed by atoms with E-state index in [9.17, 15) is 8.42 Å². The Hall–Kier alpha value is -0.640. The van der Waals surface area contributed by atoms with E-state index < -0.39 is 10.0 Å². The van der Waals surface area contributed by atoms with Gasteiger partial charge in [0.1, 0.15) is 0 Å². The molecule has 0 spiro atoms. The van der Waals surface area contributed by atoms with Crippen molar-refractivity contribution in [2.75, 3.05) is 32.4 Å². The summed E-state index contributed by atoms with van der Waals surface area (Å²) in [5.41, 5.74) is 0. The van der Waals surface area contributed by atoms with E-state index in [1.807, 2.05) is 6.07 Å². The third kappa shape index (κ3) is 2.85. The van der Waals surface area contributed by atoms with Crippen molar-refractivity contribution < 1.29 is 8.42 Å². The molecule has 2 bridgehead atoms. The molecule has 3 heterocycles. The van der Waals surface area contributed by atoms with Crippen LogP contribution in [-0.4, -0.2) is 56.1 Å². The Labute approximate surface area is 109 Å². The second-order valence-corrected chi connectivity index (χ2v) is 7.45. The van der Waals surface area contributed by atoms with Crippen molar-refractivity contribution >= 4 is 10.0 Å². The lowest BCUT2D eigenvalue weighted by Gasteiger charge is -2.47. The molecule has 0 saturated carbocycles. The molecule has 3 aliphatic heterocycles. The number of rotatable bonds is 5. The number of fused-ring (bicyclic) bond motifs is 3. The molecule has 102 valence electrons. The van der Waals surface area contributed by atoms with Gasteiger partial charge in [-0.25, -0.2) is 12.7 Å². The predicted octanol–water partition coefficient (Wildman–Crippen LogP) is 0.646. The highest BCUT2D eigenvalue weighted by Gasteiger charge is 2.39. The van der Waals surface area contributed by atoms with E-state index in [4.69, 9.17) is 5.26 Å².